The Hall–Kier alpha value is -3.33. The van der Waals surface area contributed by atoms with Crippen LogP contribution in [-0.2, 0) is 13.6 Å². The van der Waals surface area contributed by atoms with E-state index < -0.39 is 0 Å². The normalized spacial score (nSPS) is 11.2. The van der Waals surface area contributed by atoms with Crippen molar-refractivity contribution in [2.24, 2.45) is 7.05 Å². The molecule has 0 aliphatic rings. The molecule has 0 aliphatic carbocycles. The fourth-order valence-electron chi connectivity index (χ4n) is 3.17. The summed E-state index contributed by atoms with van der Waals surface area (Å²) in [6, 6.07) is 6.05. The van der Waals surface area contributed by atoms with E-state index in [0.717, 1.165) is 11.3 Å². The van der Waals surface area contributed by atoms with Crippen LogP contribution in [0.15, 0.2) is 41.6 Å². The fraction of sp³-hybridized carbons (Fsp3) is 0.200. The van der Waals surface area contributed by atoms with Crippen molar-refractivity contribution in [2.75, 3.05) is 5.32 Å². The van der Waals surface area contributed by atoms with Gasteiger partial charge in [-0.05, 0) is 43.7 Å². The lowest BCUT2D eigenvalue weighted by Crippen LogP contribution is -2.19. The van der Waals surface area contributed by atoms with Crippen molar-refractivity contribution in [2.45, 2.75) is 20.4 Å². The molecule has 0 saturated heterocycles. The number of nitrogens with one attached hydrogen (secondary N) is 1. The van der Waals surface area contributed by atoms with E-state index in [-0.39, 0.29) is 17.3 Å². The summed E-state index contributed by atoms with van der Waals surface area (Å²) in [4.78, 5) is 35.0. The number of carbonyl (C=O) groups excluding carboxylic acids is 1. The van der Waals surface area contributed by atoms with Gasteiger partial charge in [-0.3, -0.25) is 19.5 Å². The molecule has 0 radical (unpaired) electrons. The molecule has 0 spiro atoms. The molecule has 0 fully saturated rings. The lowest BCUT2D eigenvalue weighted by molar-refractivity contribution is 0.102. The lowest BCUT2D eigenvalue weighted by Gasteiger charge is -2.07. The highest BCUT2D eigenvalue weighted by atomic mass is 32.1. The number of carbonyl (C=O) groups is 1. The second-order valence-electron chi connectivity index (χ2n) is 6.56. The Morgan fingerprint density at radius 1 is 1.24 bits per heavy atom. The van der Waals surface area contributed by atoms with E-state index in [0.29, 0.717) is 33.2 Å². The zero-order valence-corrected chi connectivity index (χ0v) is 16.9. The highest BCUT2D eigenvalue weighted by Gasteiger charge is 2.21. The number of hydrogen-bond acceptors (Lipinski definition) is 5. The molecule has 1 amide bonds. The van der Waals surface area contributed by atoms with E-state index in [1.165, 1.54) is 34.4 Å². The van der Waals surface area contributed by atoms with Crippen LogP contribution in [0.5, 0.6) is 0 Å². The number of aryl methyl sites for hydroxylation is 2. The fourth-order valence-corrected chi connectivity index (χ4v) is 4.21. The van der Waals surface area contributed by atoms with Crippen molar-refractivity contribution < 1.29 is 9.18 Å². The highest BCUT2D eigenvalue weighted by Crippen LogP contribution is 2.28. The molecule has 3 heterocycles. The first-order valence-electron chi connectivity index (χ1n) is 8.98. The Labute approximate surface area is 169 Å². The van der Waals surface area contributed by atoms with E-state index in [4.69, 9.17) is 0 Å². The molecule has 4 rings (SSSR count). The minimum absolute atomic E-state index is 0.152. The largest absolute Gasteiger partial charge is 0.313 e. The number of amides is 1. The summed E-state index contributed by atoms with van der Waals surface area (Å²) in [6.45, 7) is 4.13. The maximum Gasteiger partial charge on any atom is 0.268 e. The van der Waals surface area contributed by atoms with E-state index in [9.17, 15) is 14.0 Å². The number of thiophene rings is 1. The van der Waals surface area contributed by atoms with Gasteiger partial charge >= 0.3 is 0 Å². The predicted octanol–water partition coefficient (Wildman–Crippen LogP) is 3.58. The average Bonchev–Trinajstić information content (AvgIpc) is 3.24. The topological polar surface area (TPSA) is 81.8 Å². The molecule has 0 saturated carbocycles. The van der Waals surface area contributed by atoms with Crippen molar-refractivity contribution in [3.8, 4) is 11.3 Å². The van der Waals surface area contributed by atoms with Crippen molar-refractivity contribution in [3.05, 3.63) is 63.4 Å². The first-order chi connectivity index (χ1) is 13.9. The van der Waals surface area contributed by atoms with Crippen LogP contribution in [0.2, 0.25) is 0 Å². The zero-order valence-electron chi connectivity index (χ0n) is 16.1. The summed E-state index contributed by atoms with van der Waals surface area (Å²) in [5.74, 6) is -0.321. The number of anilines is 1. The van der Waals surface area contributed by atoms with E-state index in [1.54, 1.807) is 36.9 Å². The second kappa shape index (κ2) is 7.25. The van der Waals surface area contributed by atoms with Gasteiger partial charge in [0, 0.05) is 19.2 Å². The first kappa shape index (κ1) is 19.0. The van der Waals surface area contributed by atoms with Gasteiger partial charge in [0.1, 0.15) is 10.6 Å². The van der Waals surface area contributed by atoms with Gasteiger partial charge in [0.25, 0.3) is 11.5 Å². The number of nitrogens with zero attached hydrogens (tertiary/aromatic N) is 4. The molecule has 4 aromatic rings. The molecule has 0 bridgehead atoms. The van der Waals surface area contributed by atoms with Crippen LogP contribution in [0, 0.1) is 12.7 Å². The number of imidazole rings is 1. The summed E-state index contributed by atoms with van der Waals surface area (Å²) in [5.41, 5.74) is 1.97. The van der Waals surface area contributed by atoms with Crippen molar-refractivity contribution >= 4 is 33.4 Å². The van der Waals surface area contributed by atoms with Crippen LogP contribution in [0.25, 0.3) is 21.5 Å². The van der Waals surface area contributed by atoms with E-state index >= 15 is 0 Å². The molecular weight excluding hydrogens is 393 g/mol. The molecule has 0 aliphatic heterocycles. The quantitative estimate of drug-likeness (QED) is 0.557. The third kappa shape index (κ3) is 3.23. The summed E-state index contributed by atoms with van der Waals surface area (Å²) in [5, 5.41) is 3.26. The monoisotopic (exact) mass is 411 g/mol. The summed E-state index contributed by atoms with van der Waals surface area (Å²) < 4.78 is 16.4. The van der Waals surface area contributed by atoms with Gasteiger partial charge in [0.05, 0.1) is 28.5 Å². The van der Waals surface area contributed by atoms with Gasteiger partial charge in [-0.1, -0.05) is 0 Å². The van der Waals surface area contributed by atoms with Crippen molar-refractivity contribution in [1.29, 1.82) is 0 Å². The molecule has 1 aromatic carbocycles. The minimum atomic E-state index is -0.354. The van der Waals surface area contributed by atoms with Crippen molar-refractivity contribution in [3.63, 3.8) is 0 Å². The Morgan fingerprint density at radius 3 is 2.66 bits per heavy atom. The van der Waals surface area contributed by atoms with Gasteiger partial charge in [-0.15, -0.1) is 11.3 Å². The minimum Gasteiger partial charge on any atom is -0.313 e. The number of benzene rings is 1. The number of rotatable bonds is 4. The Morgan fingerprint density at radius 2 is 1.97 bits per heavy atom. The van der Waals surface area contributed by atoms with E-state index in [1.807, 2.05) is 6.92 Å². The lowest BCUT2D eigenvalue weighted by atomic mass is 10.2. The molecule has 1 N–H and O–H groups in total. The molecule has 0 unspecified atom stereocenters. The molecular formula is C20H18FN5O2S. The molecule has 0 atom stereocenters. The predicted molar refractivity (Wildman–Crippen MR) is 111 cm³/mol. The Balaban J connectivity index is 1.67. The summed E-state index contributed by atoms with van der Waals surface area (Å²) in [7, 11) is 1.76. The smallest absolute Gasteiger partial charge is 0.268 e. The molecule has 3 aromatic heterocycles. The SMILES string of the molecule is CCn1cnc2sc(C(=O)Nc3ncc(-c4ccc(F)cc4)n3C)c(C)c2c1=O. The third-order valence-corrected chi connectivity index (χ3v) is 6.02. The summed E-state index contributed by atoms with van der Waals surface area (Å²) in [6.07, 6.45) is 3.11. The van der Waals surface area contributed by atoms with Gasteiger partial charge in [-0.25, -0.2) is 14.4 Å². The van der Waals surface area contributed by atoms with Crippen LogP contribution >= 0.6 is 11.3 Å². The number of fused-ring (bicyclic) bond motifs is 1. The van der Waals surface area contributed by atoms with Gasteiger partial charge < -0.3 is 4.57 Å². The van der Waals surface area contributed by atoms with Crippen molar-refractivity contribution in [1.82, 2.24) is 19.1 Å². The Bertz CT molecular complexity index is 1290. The molecule has 29 heavy (non-hydrogen) atoms. The third-order valence-electron chi connectivity index (χ3n) is 4.82. The van der Waals surface area contributed by atoms with Crippen LogP contribution in [-0.4, -0.2) is 25.0 Å². The van der Waals surface area contributed by atoms with Crippen LogP contribution < -0.4 is 10.9 Å². The summed E-state index contributed by atoms with van der Waals surface area (Å²) >= 11 is 1.18. The second-order valence-corrected chi connectivity index (χ2v) is 7.56. The molecule has 7 nitrogen and oxygen atoms in total. The van der Waals surface area contributed by atoms with E-state index in [2.05, 4.69) is 15.3 Å². The molecule has 148 valence electrons. The highest BCUT2D eigenvalue weighted by molar-refractivity contribution is 7.20. The first-order valence-corrected chi connectivity index (χ1v) is 9.80. The number of hydrogen-bond donors (Lipinski definition) is 1. The number of halogens is 1. The maximum atomic E-state index is 13.2. The standard InChI is InChI=1S/C20H18FN5O2S/c1-4-26-10-23-18-15(19(26)28)11(2)16(29-18)17(27)24-20-22-9-14(25(20)3)12-5-7-13(21)8-6-12/h5-10H,4H2,1-3H3,(H,22,24,27). The Kier molecular flexibility index (Phi) is 4.75. The number of aromatic nitrogens is 4. The van der Waals surface area contributed by atoms with Gasteiger partial charge in [0.2, 0.25) is 5.95 Å². The van der Waals surface area contributed by atoms with Crippen LogP contribution in [0.4, 0.5) is 10.3 Å². The van der Waals surface area contributed by atoms with Crippen LogP contribution in [0.1, 0.15) is 22.2 Å². The van der Waals surface area contributed by atoms with Crippen LogP contribution in [0.3, 0.4) is 0 Å². The maximum absolute atomic E-state index is 13.2. The van der Waals surface area contributed by atoms with Gasteiger partial charge in [0.15, 0.2) is 0 Å². The zero-order chi connectivity index (χ0) is 20.7. The average molecular weight is 411 g/mol. The van der Waals surface area contributed by atoms with Gasteiger partial charge in [-0.2, -0.15) is 0 Å². The molecule has 9 heteroatoms.